The van der Waals surface area contributed by atoms with Crippen LogP contribution < -0.4 is 9.47 Å². The van der Waals surface area contributed by atoms with Crippen LogP contribution in [-0.2, 0) is 11.4 Å². The van der Waals surface area contributed by atoms with E-state index in [1.54, 1.807) is 43.0 Å². The number of hydrogen-bond acceptors (Lipinski definition) is 5. The Morgan fingerprint density at radius 3 is 2.85 bits per heavy atom. The average molecular weight is 358 g/mol. The minimum absolute atomic E-state index is 0.0679. The first-order valence-electron chi connectivity index (χ1n) is 8.36. The second kappa shape index (κ2) is 7.47. The van der Waals surface area contributed by atoms with E-state index in [0.29, 0.717) is 30.3 Å². The van der Waals surface area contributed by atoms with Crippen molar-refractivity contribution in [1.82, 2.24) is 20.0 Å². The Hall–Kier alpha value is -3.03. The molecule has 1 aliphatic heterocycles. The Morgan fingerprint density at radius 2 is 2.08 bits per heavy atom. The maximum absolute atomic E-state index is 12.6. The van der Waals surface area contributed by atoms with Crippen LogP contribution >= 0.6 is 0 Å². The van der Waals surface area contributed by atoms with Crippen molar-refractivity contribution in [2.24, 2.45) is 0 Å². The van der Waals surface area contributed by atoms with E-state index in [-0.39, 0.29) is 24.1 Å². The number of piperazine rings is 1. The second-order valence-corrected chi connectivity index (χ2v) is 6.18. The van der Waals surface area contributed by atoms with Crippen molar-refractivity contribution < 1.29 is 19.1 Å². The van der Waals surface area contributed by atoms with Crippen LogP contribution in [0.4, 0.5) is 0 Å². The van der Waals surface area contributed by atoms with Crippen molar-refractivity contribution in [3.05, 3.63) is 41.7 Å². The molecule has 0 bridgehead atoms. The number of aromatic nitrogens is 2. The highest BCUT2D eigenvalue weighted by Crippen LogP contribution is 2.20. The highest BCUT2D eigenvalue weighted by molar-refractivity contribution is 5.96. The number of likely N-dealkylation sites (N-methyl/N-ethyl adjacent to an activating group) is 1. The number of H-pyrrole nitrogens is 1. The Labute approximate surface area is 151 Å². The molecular formula is C18H22N4O4. The van der Waals surface area contributed by atoms with Gasteiger partial charge in [0.25, 0.3) is 5.91 Å². The van der Waals surface area contributed by atoms with Gasteiger partial charge in [0.05, 0.1) is 12.8 Å². The van der Waals surface area contributed by atoms with E-state index < -0.39 is 6.04 Å². The molecule has 2 aromatic rings. The molecule has 138 valence electrons. The zero-order valence-corrected chi connectivity index (χ0v) is 15.1. The summed E-state index contributed by atoms with van der Waals surface area (Å²) in [5.74, 6) is 1.03. The fourth-order valence-corrected chi connectivity index (χ4v) is 2.84. The quantitative estimate of drug-likeness (QED) is 0.870. The van der Waals surface area contributed by atoms with Crippen molar-refractivity contribution in [2.45, 2.75) is 19.6 Å². The molecule has 8 nitrogen and oxygen atoms in total. The van der Waals surface area contributed by atoms with E-state index in [1.807, 2.05) is 18.2 Å². The summed E-state index contributed by atoms with van der Waals surface area (Å²) < 4.78 is 10.8. The number of amides is 2. The standard InChI is InChI=1S/C18H22N4O4/c1-12-17(23)21(2)7-8-22(12)18(24)16-9-13(19-20-16)11-26-15-6-4-5-14(10-15)25-3/h4-6,9-10,12H,7-8,11H2,1-3H3,(H,19,20)/t12-/m1/s1. The summed E-state index contributed by atoms with van der Waals surface area (Å²) in [7, 11) is 3.33. The predicted molar refractivity (Wildman–Crippen MR) is 94.0 cm³/mol. The lowest BCUT2D eigenvalue weighted by Crippen LogP contribution is -2.56. The van der Waals surface area contributed by atoms with Gasteiger partial charge in [0.1, 0.15) is 24.1 Å². The minimum Gasteiger partial charge on any atom is -0.497 e. The molecule has 2 amide bonds. The summed E-state index contributed by atoms with van der Waals surface area (Å²) >= 11 is 0. The lowest BCUT2D eigenvalue weighted by molar-refractivity contribution is -0.137. The van der Waals surface area contributed by atoms with Gasteiger partial charge in [-0.2, -0.15) is 5.10 Å². The van der Waals surface area contributed by atoms with Crippen LogP contribution in [0.5, 0.6) is 11.5 Å². The first kappa shape index (κ1) is 17.8. The number of carbonyl (C=O) groups is 2. The van der Waals surface area contributed by atoms with Gasteiger partial charge < -0.3 is 19.3 Å². The number of nitrogens with zero attached hydrogens (tertiary/aromatic N) is 3. The average Bonchev–Trinajstić information content (AvgIpc) is 3.13. The number of carbonyl (C=O) groups excluding carboxylic acids is 2. The molecule has 2 heterocycles. The molecule has 0 radical (unpaired) electrons. The van der Waals surface area contributed by atoms with Crippen molar-refractivity contribution >= 4 is 11.8 Å². The number of benzene rings is 1. The molecule has 1 fully saturated rings. The third-order valence-corrected chi connectivity index (χ3v) is 4.42. The molecule has 0 unspecified atom stereocenters. The number of aromatic amines is 1. The highest BCUT2D eigenvalue weighted by Gasteiger charge is 2.33. The molecule has 26 heavy (non-hydrogen) atoms. The summed E-state index contributed by atoms with van der Waals surface area (Å²) in [5, 5.41) is 6.88. The number of nitrogens with one attached hydrogen (secondary N) is 1. The lowest BCUT2D eigenvalue weighted by Gasteiger charge is -2.36. The second-order valence-electron chi connectivity index (χ2n) is 6.18. The molecule has 0 spiro atoms. The predicted octanol–water partition coefficient (Wildman–Crippen LogP) is 1.30. The first-order chi connectivity index (χ1) is 12.5. The molecule has 0 saturated carbocycles. The summed E-state index contributed by atoms with van der Waals surface area (Å²) in [6.07, 6.45) is 0. The minimum atomic E-state index is -0.491. The maximum Gasteiger partial charge on any atom is 0.275 e. The SMILES string of the molecule is COc1cccc(OCc2cc(C(=O)N3CCN(C)C(=O)[C@H]3C)n[nH]2)c1. The number of methoxy groups -OCH3 is 1. The number of ether oxygens (including phenoxy) is 2. The largest absolute Gasteiger partial charge is 0.497 e. The van der Waals surface area contributed by atoms with Crippen LogP contribution in [0, 0.1) is 0 Å². The van der Waals surface area contributed by atoms with Crippen LogP contribution in [-0.4, -0.2) is 65.1 Å². The van der Waals surface area contributed by atoms with Gasteiger partial charge >= 0.3 is 0 Å². The van der Waals surface area contributed by atoms with Gasteiger partial charge in [-0.3, -0.25) is 14.7 Å². The van der Waals surface area contributed by atoms with Crippen molar-refractivity contribution in [1.29, 1.82) is 0 Å². The molecule has 0 aliphatic carbocycles. The van der Waals surface area contributed by atoms with Crippen LogP contribution in [0.3, 0.4) is 0 Å². The van der Waals surface area contributed by atoms with E-state index in [9.17, 15) is 9.59 Å². The molecule has 1 aliphatic rings. The van der Waals surface area contributed by atoms with Crippen LogP contribution in [0.2, 0.25) is 0 Å². The van der Waals surface area contributed by atoms with Gasteiger partial charge in [0.2, 0.25) is 5.91 Å². The van der Waals surface area contributed by atoms with E-state index in [4.69, 9.17) is 9.47 Å². The van der Waals surface area contributed by atoms with Gasteiger partial charge in [-0.25, -0.2) is 0 Å². The maximum atomic E-state index is 12.6. The normalized spacial score (nSPS) is 17.3. The van der Waals surface area contributed by atoms with Crippen LogP contribution in [0.15, 0.2) is 30.3 Å². The molecule has 3 rings (SSSR count). The smallest absolute Gasteiger partial charge is 0.275 e. The Kier molecular flexibility index (Phi) is 5.11. The zero-order valence-electron chi connectivity index (χ0n) is 15.1. The Balaban J connectivity index is 1.63. The topological polar surface area (TPSA) is 87.8 Å². The fourth-order valence-electron chi connectivity index (χ4n) is 2.84. The highest BCUT2D eigenvalue weighted by atomic mass is 16.5. The van der Waals surface area contributed by atoms with Gasteiger partial charge in [-0.1, -0.05) is 6.07 Å². The summed E-state index contributed by atoms with van der Waals surface area (Å²) in [5.41, 5.74) is 0.947. The van der Waals surface area contributed by atoms with Crippen molar-refractivity contribution in [2.75, 3.05) is 27.2 Å². The van der Waals surface area contributed by atoms with E-state index in [1.165, 1.54) is 0 Å². The molecule has 1 aromatic heterocycles. The molecular weight excluding hydrogens is 336 g/mol. The third kappa shape index (κ3) is 3.63. The van der Waals surface area contributed by atoms with Crippen molar-refractivity contribution in [3.8, 4) is 11.5 Å². The lowest BCUT2D eigenvalue weighted by atomic mass is 10.1. The molecule has 1 saturated heterocycles. The van der Waals surface area contributed by atoms with Gasteiger partial charge in [0, 0.05) is 26.2 Å². The number of rotatable bonds is 5. The van der Waals surface area contributed by atoms with E-state index in [2.05, 4.69) is 10.2 Å². The fraction of sp³-hybridized carbons (Fsp3) is 0.389. The summed E-state index contributed by atoms with van der Waals surface area (Å²) in [6, 6.07) is 8.43. The first-order valence-corrected chi connectivity index (χ1v) is 8.36. The molecule has 1 N–H and O–H groups in total. The molecule has 1 aromatic carbocycles. The summed E-state index contributed by atoms with van der Waals surface area (Å²) in [4.78, 5) is 27.9. The van der Waals surface area contributed by atoms with Crippen LogP contribution in [0.1, 0.15) is 23.1 Å². The molecule has 1 atom stereocenters. The van der Waals surface area contributed by atoms with E-state index in [0.717, 1.165) is 0 Å². The molecule has 8 heteroatoms. The van der Waals surface area contributed by atoms with Gasteiger partial charge in [-0.05, 0) is 25.1 Å². The zero-order chi connectivity index (χ0) is 18.7. The van der Waals surface area contributed by atoms with E-state index >= 15 is 0 Å². The van der Waals surface area contributed by atoms with Crippen molar-refractivity contribution in [3.63, 3.8) is 0 Å². The number of hydrogen-bond donors (Lipinski definition) is 1. The van der Waals surface area contributed by atoms with Gasteiger partial charge in [0.15, 0.2) is 5.69 Å². The monoisotopic (exact) mass is 358 g/mol. The van der Waals surface area contributed by atoms with Gasteiger partial charge in [-0.15, -0.1) is 0 Å². The Morgan fingerprint density at radius 1 is 1.31 bits per heavy atom. The summed E-state index contributed by atoms with van der Waals surface area (Å²) in [6.45, 7) is 2.98. The third-order valence-electron chi connectivity index (χ3n) is 4.42. The van der Waals surface area contributed by atoms with Crippen LogP contribution in [0.25, 0.3) is 0 Å². The Bertz CT molecular complexity index is 804.